The van der Waals surface area contributed by atoms with E-state index >= 15 is 0 Å². The Hall–Kier alpha value is -3.84. The SMILES string of the molecule is O=C(C1CN(CC(=O)N(Cc2ccccc2)c2ccccc2)c2ccccc2O1)N1CCOCC1. The highest BCUT2D eigenvalue weighted by atomic mass is 16.5. The van der Waals surface area contributed by atoms with Crippen molar-refractivity contribution in [3.8, 4) is 5.75 Å². The molecular formula is C28H29N3O4. The lowest BCUT2D eigenvalue weighted by atomic mass is 10.1. The molecule has 0 bridgehead atoms. The number of nitrogens with zero attached hydrogens (tertiary/aromatic N) is 3. The van der Waals surface area contributed by atoms with Crippen molar-refractivity contribution >= 4 is 23.2 Å². The van der Waals surface area contributed by atoms with Crippen molar-refractivity contribution < 1.29 is 19.1 Å². The highest BCUT2D eigenvalue weighted by Gasteiger charge is 2.35. The van der Waals surface area contributed by atoms with Gasteiger partial charge in [0.05, 0.1) is 38.5 Å². The number of anilines is 2. The molecular weight excluding hydrogens is 442 g/mol. The molecule has 7 nitrogen and oxygen atoms in total. The summed E-state index contributed by atoms with van der Waals surface area (Å²) in [7, 11) is 0. The molecule has 1 saturated heterocycles. The number of ether oxygens (including phenoxy) is 2. The van der Waals surface area contributed by atoms with Gasteiger partial charge in [-0.05, 0) is 29.8 Å². The number of amides is 2. The summed E-state index contributed by atoms with van der Waals surface area (Å²) in [6, 6.07) is 27.2. The van der Waals surface area contributed by atoms with Crippen molar-refractivity contribution in [1.82, 2.24) is 4.90 Å². The highest BCUT2D eigenvalue weighted by molar-refractivity contribution is 5.97. The fourth-order valence-electron chi connectivity index (χ4n) is 4.52. The van der Waals surface area contributed by atoms with E-state index in [2.05, 4.69) is 0 Å². The van der Waals surface area contributed by atoms with E-state index in [0.717, 1.165) is 16.9 Å². The summed E-state index contributed by atoms with van der Waals surface area (Å²) >= 11 is 0. The molecule has 2 aliphatic heterocycles. The number of para-hydroxylation sites is 3. The van der Waals surface area contributed by atoms with Gasteiger partial charge in [0.2, 0.25) is 5.91 Å². The third-order valence-electron chi connectivity index (χ3n) is 6.34. The average Bonchev–Trinajstić information content (AvgIpc) is 2.92. The van der Waals surface area contributed by atoms with Gasteiger partial charge >= 0.3 is 0 Å². The maximum Gasteiger partial charge on any atom is 0.265 e. The van der Waals surface area contributed by atoms with Gasteiger partial charge in [0.15, 0.2) is 6.10 Å². The number of benzene rings is 3. The quantitative estimate of drug-likeness (QED) is 0.552. The van der Waals surface area contributed by atoms with Crippen LogP contribution in [0.25, 0.3) is 0 Å². The third-order valence-corrected chi connectivity index (χ3v) is 6.34. The summed E-state index contributed by atoms with van der Waals surface area (Å²) < 4.78 is 11.5. The monoisotopic (exact) mass is 471 g/mol. The lowest BCUT2D eigenvalue weighted by molar-refractivity contribution is -0.142. The van der Waals surface area contributed by atoms with E-state index in [-0.39, 0.29) is 18.4 Å². The molecule has 0 saturated carbocycles. The molecule has 2 heterocycles. The van der Waals surface area contributed by atoms with Crippen LogP contribution in [0, 0.1) is 0 Å². The van der Waals surface area contributed by atoms with Crippen LogP contribution in [0.15, 0.2) is 84.9 Å². The zero-order valence-corrected chi connectivity index (χ0v) is 19.6. The molecule has 0 aliphatic carbocycles. The maximum atomic E-state index is 13.7. The minimum Gasteiger partial charge on any atom is -0.477 e. The molecule has 2 aliphatic rings. The van der Waals surface area contributed by atoms with Crippen LogP contribution in [-0.2, 0) is 20.9 Å². The smallest absolute Gasteiger partial charge is 0.265 e. The molecule has 0 N–H and O–H groups in total. The largest absolute Gasteiger partial charge is 0.477 e. The van der Waals surface area contributed by atoms with E-state index in [1.54, 1.807) is 9.80 Å². The summed E-state index contributed by atoms with van der Waals surface area (Å²) in [5.41, 5.74) is 2.70. The molecule has 1 fully saturated rings. The minimum absolute atomic E-state index is 0.0469. The molecule has 2 amide bonds. The van der Waals surface area contributed by atoms with Crippen molar-refractivity contribution in [2.24, 2.45) is 0 Å². The van der Waals surface area contributed by atoms with E-state index < -0.39 is 6.10 Å². The van der Waals surface area contributed by atoms with Crippen LogP contribution in [0.1, 0.15) is 5.56 Å². The van der Waals surface area contributed by atoms with Gasteiger partial charge in [0.1, 0.15) is 5.75 Å². The number of morpholine rings is 1. The summed E-state index contributed by atoms with van der Waals surface area (Å²) in [6.45, 7) is 3.08. The maximum absolute atomic E-state index is 13.7. The fourth-order valence-corrected chi connectivity index (χ4v) is 4.52. The van der Waals surface area contributed by atoms with Crippen LogP contribution in [0.4, 0.5) is 11.4 Å². The second-order valence-electron chi connectivity index (χ2n) is 8.69. The first kappa shape index (κ1) is 22.9. The van der Waals surface area contributed by atoms with Crippen LogP contribution >= 0.6 is 0 Å². The molecule has 0 spiro atoms. The first-order valence-corrected chi connectivity index (χ1v) is 12.0. The van der Waals surface area contributed by atoms with Crippen molar-refractivity contribution in [3.05, 3.63) is 90.5 Å². The Kier molecular flexibility index (Phi) is 6.95. The van der Waals surface area contributed by atoms with Crippen molar-refractivity contribution in [3.63, 3.8) is 0 Å². The Morgan fingerprint density at radius 3 is 2.26 bits per heavy atom. The molecule has 3 aromatic rings. The average molecular weight is 472 g/mol. The van der Waals surface area contributed by atoms with E-state index in [1.807, 2.05) is 89.8 Å². The second kappa shape index (κ2) is 10.6. The van der Waals surface area contributed by atoms with Crippen molar-refractivity contribution in [1.29, 1.82) is 0 Å². The Balaban J connectivity index is 1.38. The first-order chi connectivity index (χ1) is 17.2. The van der Waals surface area contributed by atoms with Gasteiger partial charge < -0.3 is 24.2 Å². The highest BCUT2D eigenvalue weighted by Crippen LogP contribution is 2.34. The number of hydrogen-bond acceptors (Lipinski definition) is 5. The zero-order chi connectivity index (χ0) is 24.0. The summed E-state index contributed by atoms with van der Waals surface area (Å²) in [5.74, 6) is 0.506. The standard InChI is InChI=1S/C28H29N3O4/c32-27(31(23-11-5-2-6-12-23)19-22-9-3-1-4-10-22)21-30-20-26(28(33)29-15-17-34-18-16-29)35-25-14-8-7-13-24(25)30/h1-14,26H,15-21H2. The van der Waals surface area contributed by atoms with Gasteiger partial charge in [-0.2, -0.15) is 0 Å². The molecule has 3 aromatic carbocycles. The number of rotatable bonds is 6. The Labute approximate surface area is 205 Å². The van der Waals surface area contributed by atoms with Gasteiger partial charge in [-0.1, -0.05) is 60.7 Å². The van der Waals surface area contributed by atoms with Gasteiger partial charge in [0, 0.05) is 18.8 Å². The predicted molar refractivity (Wildman–Crippen MR) is 135 cm³/mol. The third kappa shape index (κ3) is 5.30. The zero-order valence-electron chi connectivity index (χ0n) is 19.6. The molecule has 0 aromatic heterocycles. The second-order valence-corrected chi connectivity index (χ2v) is 8.69. The lowest BCUT2D eigenvalue weighted by Gasteiger charge is -2.38. The van der Waals surface area contributed by atoms with E-state index in [0.29, 0.717) is 45.1 Å². The van der Waals surface area contributed by atoms with Gasteiger partial charge in [-0.15, -0.1) is 0 Å². The molecule has 7 heteroatoms. The Bertz CT molecular complexity index is 1150. The molecule has 5 rings (SSSR count). The van der Waals surface area contributed by atoms with E-state index in [4.69, 9.17) is 9.47 Å². The van der Waals surface area contributed by atoms with Crippen molar-refractivity contribution in [2.75, 3.05) is 49.2 Å². The number of carbonyl (C=O) groups is 2. The molecule has 1 unspecified atom stereocenters. The summed E-state index contributed by atoms with van der Waals surface area (Å²) in [5, 5.41) is 0. The van der Waals surface area contributed by atoms with Crippen LogP contribution < -0.4 is 14.5 Å². The predicted octanol–water partition coefficient (Wildman–Crippen LogP) is 3.35. The van der Waals surface area contributed by atoms with Crippen LogP contribution in [-0.4, -0.2) is 62.2 Å². The Morgan fingerprint density at radius 1 is 0.857 bits per heavy atom. The summed E-state index contributed by atoms with van der Waals surface area (Å²) in [6.07, 6.45) is -0.671. The van der Waals surface area contributed by atoms with Crippen LogP contribution in [0.3, 0.4) is 0 Å². The normalized spacial score (nSPS) is 17.3. The van der Waals surface area contributed by atoms with Gasteiger partial charge in [0.25, 0.3) is 5.91 Å². The van der Waals surface area contributed by atoms with Crippen LogP contribution in [0.2, 0.25) is 0 Å². The number of hydrogen-bond donors (Lipinski definition) is 0. The number of carbonyl (C=O) groups excluding carboxylic acids is 2. The van der Waals surface area contributed by atoms with Crippen molar-refractivity contribution in [2.45, 2.75) is 12.6 Å². The van der Waals surface area contributed by atoms with Gasteiger partial charge in [-0.25, -0.2) is 0 Å². The Morgan fingerprint density at radius 2 is 1.51 bits per heavy atom. The molecule has 0 radical (unpaired) electrons. The van der Waals surface area contributed by atoms with E-state index in [9.17, 15) is 9.59 Å². The minimum atomic E-state index is -0.671. The number of fused-ring (bicyclic) bond motifs is 1. The summed E-state index contributed by atoms with van der Waals surface area (Å²) in [4.78, 5) is 32.5. The molecule has 180 valence electrons. The molecule has 1 atom stereocenters. The molecule has 35 heavy (non-hydrogen) atoms. The fraction of sp³-hybridized carbons (Fsp3) is 0.286. The van der Waals surface area contributed by atoms with E-state index in [1.165, 1.54) is 0 Å². The van der Waals surface area contributed by atoms with Gasteiger partial charge in [-0.3, -0.25) is 9.59 Å². The van der Waals surface area contributed by atoms with Crippen LogP contribution in [0.5, 0.6) is 5.75 Å². The topological polar surface area (TPSA) is 62.3 Å². The first-order valence-electron chi connectivity index (χ1n) is 12.0. The lowest BCUT2D eigenvalue weighted by Crippen LogP contribution is -2.54.